The number of nitrogens with one attached hydrogen (secondary N) is 1. The molecule has 1 saturated carbocycles. The average Bonchev–Trinajstić information content (AvgIpc) is 2.18. The lowest BCUT2D eigenvalue weighted by molar-refractivity contribution is 0.229. The van der Waals surface area contributed by atoms with Crippen molar-refractivity contribution in [1.29, 1.82) is 0 Å². The summed E-state index contributed by atoms with van der Waals surface area (Å²) in [7, 11) is 0. The Kier molecular flexibility index (Phi) is 5.04. The normalized spacial score (nSPS) is 32.5. The van der Waals surface area contributed by atoms with Gasteiger partial charge >= 0.3 is 0 Å². The van der Waals surface area contributed by atoms with Crippen molar-refractivity contribution in [2.24, 2.45) is 11.8 Å². The molecule has 1 nitrogen and oxygen atoms in total. The van der Waals surface area contributed by atoms with Crippen LogP contribution in [-0.4, -0.2) is 12.6 Å². The Hall–Kier alpha value is -0.480. The van der Waals surface area contributed by atoms with Crippen LogP contribution in [-0.2, 0) is 0 Å². The van der Waals surface area contributed by atoms with Crippen LogP contribution in [0.25, 0.3) is 0 Å². The van der Waals surface area contributed by atoms with E-state index in [0.717, 1.165) is 37.3 Å². The molecule has 3 unspecified atom stereocenters. The summed E-state index contributed by atoms with van der Waals surface area (Å²) >= 11 is 0. The van der Waals surface area contributed by atoms with Crippen LogP contribution in [0.15, 0.2) is 0 Å². The lowest BCUT2D eigenvalue weighted by atomic mass is 9.80. The lowest BCUT2D eigenvalue weighted by Crippen LogP contribution is -2.39. The molecule has 1 N–H and O–H groups in total. The molecule has 0 amide bonds. The van der Waals surface area contributed by atoms with Gasteiger partial charge < -0.3 is 5.32 Å². The van der Waals surface area contributed by atoms with Crippen LogP contribution < -0.4 is 5.32 Å². The highest BCUT2D eigenvalue weighted by Crippen LogP contribution is 2.28. The highest BCUT2D eigenvalue weighted by Gasteiger charge is 2.24. The summed E-state index contributed by atoms with van der Waals surface area (Å²) in [5, 5.41) is 3.64. The quantitative estimate of drug-likeness (QED) is 0.535. The van der Waals surface area contributed by atoms with Gasteiger partial charge in [0.15, 0.2) is 0 Å². The smallest absolute Gasteiger partial charge is 0.00981 e. The maximum absolute atomic E-state index is 5.22. The summed E-state index contributed by atoms with van der Waals surface area (Å²) in [4.78, 5) is 0. The molecular formula is C13H23N. The fourth-order valence-corrected chi connectivity index (χ4v) is 2.29. The van der Waals surface area contributed by atoms with Crippen LogP contribution in [0.1, 0.15) is 46.0 Å². The zero-order valence-electron chi connectivity index (χ0n) is 9.55. The van der Waals surface area contributed by atoms with Gasteiger partial charge in [-0.3, -0.25) is 0 Å². The van der Waals surface area contributed by atoms with E-state index in [1.165, 1.54) is 19.3 Å². The van der Waals surface area contributed by atoms with Crippen molar-refractivity contribution in [1.82, 2.24) is 5.32 Å². The van der Waals surface area contributed by atoms with E-state index in [0.29, 0.717) is 0 Å². The Morgan fingerprint density at radius 1 is 1.36 bits per heavy atom. The first-order chi connectivity index (χ1) is 6.74. The van der Waals surface area contributed by atoms with E-state index in [1.807, 2.05) is 0 Å². The maximum Gasteiger partial charge on any atom is 0.00981 e. The molecule has 1 aliphatic rings. The largest absolute Gasteiger partial charge is 0.314 e. The number of unbranched alkanes of at least 4 members (excludes halogenated alkanes) is 1. The first-order valence-corrected chi connectivity index (χ1v) is 5.91. The van der Waals surface area contributed by atoms with Crippen LogP contribution in [0.5, 0.6) is 0 Å². The predicted molar refractivity (Wildman–Crippen MR) is 62.0 cm³/mol. The van der Waals surface area contributed by atoms with E-state index in [4.69, 9.17) is 6.42 Å². The van der Waals surface area contributed by atoms with Crippen LogP contribution in [0.3, 0.4) is 0 Å². The highest BCUT2D eigenvalue weighted by atomic mass is 14.9. The SMILES string of the molecule is C#CCCCNC1CC(C)CCC1C. The molecule has 14 heavy (non-hydrogen) atoms. The van der Waals surface area contributed by atoms with Crippen LogP contribution >= 0.6 is 0 Å². The summed E-state index contributed by atoms with van der Waals surface area (Å²) in [5.41, 5.74) is 0. The van der Waals surface area contributed by atoms with Gasteiger partial charge in [0.05, 0.1) is 0 Å². The second-order valence-electron chi connectivity index (χ2n) is 4.76. The van der Waals surface area contributed by atoms with Gasteiger partial charge in [0.2, 0.25) is 0 Å². The Morgan fingerprint density at radius 2 is 2.14 bits per heavy atom. The standard InChI is InChI=1S/C13H23N/c1-4-5-6-9-14-13-10-11(2)7-8-12(13)3/h1,11-14H,5-10H2,2-3H3. The van der Waals surface area contributed by atoms with Crippen molar-refractivity contribution in [3.8, 4) is 12.3 Å². The third-order valence-corrected chi connectivity index (χ3v) is 3.36. The number of hydrogen-bond donors (Lipinski definition) is 1. The second-order valence-corrected chi connectivity index (χ2v) is 4.76. The van der Waals surface area contributed by atoms with Crippen molar-refractivity contribution < 1.29 is 0 Å². The van der Waals surface area contributed by atoms with E-state index in [9.17, 15) is 0 Å². The lowest BCUT2D eigenvalue weighted by Gasteiger charge is -2.33. The van der Waals surface area contributed by atoms with Gasteiger partial charge in [-0.05, 0) is 37.6 Å². The zero-order valence-corrected chi connectivity index (χ0v) is 9.55. The third-order valence-electron chi connectivity index (χ3n) is 3.36. The van der Waals surface area contributed by atoms with E-state index in [1.54, 1.807) is 0 Å². The molecule has 80 valence electrons. The molecule has 0 bridgehead atoms. The Labute approximate surface area is 88.7 Å². The minimum absolute atomic E-state index is 0.733. The van der Waals surface area contributed by atoms with Crippen LogP contribution in [0, 0.1) is 24.2 Å². The second kappa shape index (κ2) is 6.09. The Balaban J connectivity index is 2.18. The van der Waals surface area contributed by atoms with Crippen molar-refractivity contribution in [3.05, 3.63) is 0 Å². The minimum atomic E-state index is 0.733. The van der Waals surface area contributed by atoms with Crippen molar-refractivity contribution in [3.63, 3.8) is 0 Å². The molecule has 0 heterocycles. The van der Waals surface area contributed by atoms with Crippen molar-refractivity contribution in [2.45, 2.75) is 52.0 Å². The van der Waals surface area contributed by atoms with Gasteiger partial charge in [-0.1, -0.05) is 20.3 Å². The van der Waals surface area contributed by atoms with Crippen LogP contribution in [0.4, 0.5) is 0 Å². The minimum Gasteiger partial charge on any atom is -0.314 e. The number of hydrogen-bond acceptors (Lipinski definition) is 1. The molecule has 0 spiro atoms. The molecule has 1 aliphatic carbocycles. The van der Waals surface area contributed by atoms with Gasteiger partial charge in [0.1, 0.15) is 0 Å². The molecule has 1 heteroatoms. The summed E-state index contributed by atoms with van der Waals surface area (Å²) in [6, 6.07) is 0.733. The van der Waals surface area contributed by atoms with Gasteiger partial charge in [-0.15, -0.1) is 12.3 Å². The van der Waals surface area contributed by atoms with Gasteiger partial charge in [0, 0.05) is 12.5 Å². The van der Waals surface area contributed by atoms with Gasteiger partial charge in [-0.25, -0.2) is 0 Å². The first kappa shape index (κ1) is 11.6. The van der Waals surface area contributed by atoms with Crippen molar-refractivity contribution in [2.75, 3.05) is 6.54 Å². The predicted octanol–water partition coefficient (Wildman–Crippen LogP) is 2.81. The highest BCUT2D eigenvalue weighted by molar-refractivity contribution is 4.85. The van der Waals surface area contributed by atoms with E-state index < -0.39 is 0 Å². The molecule has 1 rings (SSSR count). The summed E-state index contributed by atoms with van der Waals surface area (Å²) in [6.07, 6.45) is 11.4. The molecule has 0 radical (unpaired) electrons. The molecule has 0 aromatic rings. The molecule has 0 saturated heterocycles. The maximum atomic E-state index is 5.22. The topological polar surface area (TPSA) is 12.0 Å². The molecule has 1 fully saturated rings. The number of terminal acetylenes is 1. The van der Waals surface area contributed by atoms with Crippen LogP contribution in [0.2, 0.25) is 0 Å². The van der Waals surface area contributed by atoms with E-state index in [-0.39, 0.29) is 0 Å². The fraction of sp³-hybridized carbons (Fsp3) is 0.846. The molecule has 0 aliphatic heterocycles. The molecule has 0 aromatic carbocycles. The third kappa shape index (κ3) is 3.72. The molecule has 0 aromatic heterocycles. The van der Waals surface area contributed by atoms with Crippen molar-refractivity contribution >= 4 is 0 Å². The average molecular weight is 193 g/mol. The Morgan fingerprint density at radius 3 is 2.86 bits per heavy atom. The summed E-state index contributed by atoms with van der Waals surface area (Å²) in [5.74, 6) is 4.43. The fourth-order valence-electron chi connectivity index (χ4n) is 2.29. The summed E-state index contributed by atoms with van der Waals surface area (Å²) in [6.45, 7) is 5.82. The summed E-state index contributed by atoms with van der Waals surface area (Å²) < 4.78 is 0. The Bertz CT molecular complexity index is 192. The van der Waals surface area contributed by atoms with E-state index >= 15 is 0 Å². The molecule has 3 atom stereocenters. The van der Waals surface area contributed by atoms with E-state index in [2.05, 4.69) is 25.1 Å². The monoisotopic (exact) mass is 193 g/mol. The van der Waals surface area contributed by atoms with Gasteiger partial charge in [0.25, 0.3) is 0 Å². The number of rotatable bonds is 4. The molecular weight excluding hydrogens is 170 g/mol. The zero-order chi connectivity index (χ0) is 10.4. The van der Waals surface area contributed by atoms with Gasteiger partial charge in [-0.2, -0.15) is 0 Å². The first-order valence-electron chi connectivity index (χ1n) is 5.91.